The third kappa shape index (κ3) is 4.42. The summed E-state index contributed by atoms with van der Waals surface area (Å²) in [6, 6.07) is 10.2. The van der Waals surface area contributed by atoms with Crippen molar-refractivity contribution in [1.29, 1.82) is 0 Å². The summed E-state index contributed by atoms with van der Waals surface area (Å²) >= 11 is 0. The Morgan fingerprint density at radius 1 is 1.25 bits per heavy atom. The van der Waals surface area contributed by atoms with Gasteiger partial charge in [-0.25, -0.2) is 17.6 Å². The van der Waals surface area contributed by atoms with Gasteiger partial charge in [-0.3, -0.25) is 4.90 Å². The fraction of sp³-hybridized carbons (Fsp3) is 0.211. The van der Waals surface area contributed by atoms with Crippen LogP contribution in [0.4, 0.5) is 14.9 Å². The lowest BCUT2D eigenvalue weighted by molar-refractivity contribution is 0.252. The number of amides is 2. The van der Waals surface area contributed by atoms with Gasteiger partial charge in [-0.05, 0) is 42.5 Å². The number of carbonyl (C=O) groups is 1. The zero-order chi connectivity index (χ0) is 20.1. The van der Waals surface area contributed by atoms with Crippen molar-refractivity contribution < 1.29 is 22.3 Å². The van der Waals surface area contributed by atoms with Crippen molar-refractivity contribution in [2.45, 2.75) is 4.90 Å². The second kappa shape index (κ2) is 8.29. The summed E-state index contributed by atoms with van der Waals surface area (Å²) in [5.74, 6) is 4.91. The SMILES string of the molecule is COc1ccc(F)cc1S(=O)(=O)NCC#Cc1ccc(N2CCNC2=O)cc1. The van der Waals surface area contributed by atoms with E-state index in [9.17, 15) is 17.6 Å². The predicted octanol–water partition coefficient (Wildman–Crippen LogP) is 1.69. The zero-order valence-electron chi connectivity index (χ0n) is 15.0. The van der Waals surface area contributed by atoms with Gasteiger partial charge in [0.2, 0.25) is 10.0 Å². The van der Waals surface area contributed by atoms with Crippen molar-refractivity contribution in [3.8, 4) is 17.6 Å². The Bertz CT molecular complexity index is 1040. The van der Waals surface area contributed by atoms with Crippen LogP contribution >= 0.6 is 0 Å². The number of hydrogen-bond donors (Lipinski definition) is 2. The van der Waals surface area contributed by atoms with E-state index in [1.165, 1.54) is 13.2 Å². The number of methoxy groups -OCH3 is 1. The molecule has 0 bridgehead atoms. The van der Waals surface area contributed by atoms with Crippen LogP contribution in [0.1, 0.15) is 5.56 Å². The van der Waals surface area contributed by atoms with E-state index in [4.69, 9.17) is 4.74 Å². The molecule has 3 rings (SSSR count). The lowest BCUT2D eigenvalue weighted by atomic mass is 10.2. The molecule has 0 unspecified atom stereocenters. The highest BCUT2D eigenvalue weighted by atomic mass is 32.2. The Hall–Kier alpha value is -3.09. The Labute approximate surface area is 162 Å². The van der Waals surface area contributed by atoms with E-state index in [0.717, 1.165) is 17.8 Å². The molecule has 1 heterocycles. The molecule has 0 atom stereocenters. The van der Waals surface area contributed by atoms with Crippen LogP contribution < -0.4 is 19.7 Å². The third-order valence-electron chi connectivity index (χ3n) is 4.03. The number of anilines is 1. The summed E-state index contributed by atoms with van der Waals surface area (Å²) in [6.45, 7) is 1.06. The van der Waals surface area contributed by atoms with Gasteiger partial charge in [0.05, 0.1) is 13.7 Å². The molecule has 1 aliphatic rings. The number of nitrogens with zero attached hydrogens (tertiary/aromatic N) is 1. The molecular weight excluding hydrogens is 385 g/mol. The maximum Gasteiger partial charge on any atom is 0.321 e. The van der Waals surface area contributed by atoms with Gasteiger partial charge in [0.15, 0.2) is 0 Å². The third-order valence-corrected chi connectivity index (χ3v) is 5.46. The smallest absolute Gasteiger partial charge is 0.321 e. The fourth-order valence-corrected chi connectivity index (χ4v) is 3.76. The first-order valence-corrected chi connectivity index (χ1v) is 9.86. The number of benzene rings is 2. The summed E-state index contributed by atoms with van der Waals surface area (Å²) in [5.41, 5.74) is 1.44. The van der Waals surface area contributed by atoms with Gasteiger partial charge >= 0.3 is 6.03 Å². The van der Waals surface area contributed by atoms with Crippen molar-refractivity contribution in [3.05, 3.63) is 53.8 Å². The van der Waals surface area contributed by atoms with E-state index in [2.05, 4.69) is 21.9 Å². The number of sulfonamides is 1. The van der Waals surface area contributed by atoms with Gasteiger partial charge in [0.25, 0.3) is 0 Å². The maximum atomic E-state index is 13.4. The number of hydrogen-bond acceptors (Lipinski definition) is 4. The van der Waals surface area contributed by atoms with Crippen molar-refractivity contribution in [1.82, 2.24) is 10.0 Å². The first-order chi connectivity index (χ1) is 13.4. The number of urea groups is 1. The van der Waals surface area contributed by atoms with E-state index in [0.29, 0.717) is 18.7 Å². The van der Waals surface area contributed by atoms with Crippen LogP contribution in [0, 0.1) is 17.7 Å². The first kappa shape index (κ1) is 19.7. The molecular formula is C19H18FN3O4S. The predicted molar refractivity (Wildman–Crippen MR) is 102 cm³/mol. The summed E-state index contributed by atoms with van der Waals surface area (Å²) in [6.07, 6.45) is 0. The minimum atomic E-state index is -3.97. The van der Waals surface area contributed by atoms with Crippen LogP contribution in [0.3, 0.4) is 0 Å². The lowest BCUT2D eigenvalue weighted by Crippen LogP contribution is -2.27. The number of halogens is 1. The molecule has 0 radical (unpaired) electrons. The molecule has 146 valence electrons. The molecule has 7 nitrogen and oxygen atoms in total. The van der Waals surface area contributed by atoms with Gasteiger partial charge in [-0.15, -0.1) is 0 Å². The summed E-state index contributed by atoms with van der Waals surface area (Å²) in [4.78, 5) is 13.0. The van der Waals surface area contributed by atoms with Crippen molar-refractivity contribution in [3.63, 3.8) is 0 Å². The molecule has 0 saturated carbocycles. The van der Waals surface area contributed by atoms with Crippen LogP contribution in [-0.2, 0) is 10.0 Å². The molecule has 2 N–H and O–H groups in total. The van der Waals surface area contributed by atoms with Gasteiger partial charge < -0.3 is 10.1 Å². The molecule has 1 saturated heterocycles. The lowest BCUT2D eigenvalue weighted by Gasteiger charge is -2.13. The van der Waals surface area contributed by atoms with Gasteiger partial charge in [0.1, 0.15) is 16.5 Å². The molecule has 2 aromatic carbocycles. The molecule has 2 amide bonds. The Morgan fingerprint density at radius 3 is 2.64 bits per heavy atom. The zero-order valence-corrected chi connectivity index (χ0v) is 15.8. The van der Waals surface area contributed by atoms with E-state index in [1.807, 2.05) is 0 Å². The van der Waals surface area contributed by atoms with Gasteiger partial charge in [0, 0.05) is 24.3 Å². The molecule has 0 aromatic heterocycles. The second-order valence-electron chi connectivity index (χ2n) is 5.85. The van der Waals surface area contributed by atoms with Gasteiger partial charge in [-0.1, -0.05) is 11.8 Å². The summed E-state index contributed by atoms with van der Waals surface area (Å²) in [5, 5.41) is 2.73. The topological polar surface area (TPSA) is 87.7 Å². The normalized spacial score (nSPS) is 13.6. The van der Waals surface area contributed by atoms with E-state index >= 15 is 0 Å². The van der Waals surface area contributed by atoms with Gasteiger partial charge in [-0.2, -0.15) is 4.72 Å². The first-order valence-electron chi connectivity index (χ1n) is 8.38. The van der Waals surface area contributed by atoms with E-state index in [-0.39, 0.29) is 23.2 Å². The molecule has 0 aliphatic carbocycles. The van der Waals surface area contributed by atoms with Crippen LogP contribution in [0.15, 0.2) is 47.4 Å². The van der Waals surface area contributed by atoms with Crippen LogP contribution in [0.25, 0.3) is 0 Å². The van der Waals surface area contributed by atoms with Crippen LogP contribution in [0.5, 0.6) is 5.75 Å². The van der Waals surface area contributed by atoms with Crippen LogP contribution in [-0.4, -0.2) is 41.2 Å². The highest BCUT2D eigenvalue weighted by Crippen LogP contribution is 2.24. The average molecular weight is 403 g/mol. The maximum absolute atomic E-state index is 13.4. The number of rotatable bonds is 5. The number of ether oxygens (including phenoxy) is 1. The Morgan fingerprint density at radius 2 is 2.00 bits per heavy atom. The molecule has 0 spiro atoms. The fourth-order valence-electron chi connectivity index (χ4n) is 2.66. The van der Waals surface area contributed by atoms with Crippen molar-refractivity contribution in [2.75, 3.05) is 31.6 Å². The van der Waals surface area contributed by atoms with E-state index in [1.54, 1.807) is 29.2 Å². The Kier molecular flexibility index (Phi) is 5.82. The number of nitrogens with one attached hydrogen (secondary N) is 2. The molecule has 9 heteroatoms. The van der Waals surface area contributed by atoms with E-state index < -0.39 is 15.8 Å². The monoisotopic (exact) mass is 403 g/mol. The highest BCUT2D eigenvalue weighted by molar-refractivity contribution is 7.89. The average Bonchev–Trinajstić information content (AvgIpc) is 3.11. The molecule has 1 fully saturated rings. The second-order valence-corrected chi connectivity index (χ2v) is 7.59. The summed E-state index contributed by atoms with van der Waals surface area (Å²) < 4.78 is 45.3. The molecule has 2 aromatic rings. The standard InChI is InChI=1S/C19H18FN3O4S/c1-27-17-9-6-15(20)13-18(17)28(25,26)22-10-2-3-14-4-7-16(8-5-14)23-12-11-21-19(23)24/h4-9,13,22H,10-12H2,1H3,(H,21,24). The number of carbonyl (C=O) groups excluding carboxylic acids is 1. The largest absolute Gasteiger partial charge is 0.495 e. The minimum absolute atomic E-state index is 0.0448. The molecule has 28 heavy (non-hydrogen) atoms. The Balaban J connectivity index is 1.65. The quantitative estimate of drug-likeness (QED) is 0.744. The molecule has 1 aliphatic heterocycles. The highest BCUT2D eigenvalue weighted by Gasteiger charge is 2.21. The van der Waals surface area contributed by atoms with Crippen molar-refractivity contribution in [2.24, 2.45) is 0 Å². The van der Waals surface area contributed by atoms with Crippen molar-refractivity contribution >= 4 is 21.7 Å². The minimum Gasteiger partial charge on any atom is -0.495 e. The van der Waals surface area contributed by atoms with Crippen LogP contribution in [0.2, 0.25) is 0 Å². The summed E-state index contributed by atoms with van der Waals surface area (Å²) in [7, 11) is -2.67.